The van der Waals surface area contributed by atoms with Crippen LogP contribution in [-0.2, 0) is 4.79 Å². The largest absolute Gasteiger partial charge is 0.484 e. The summed E-state index contributed by atoms with van der Waals surface area (Å²) in [5, 5.41) is 3.18. The van der Waals surface area contributed by atoms with Crippen molar-refractivity contribution in [2.75, 3.05) is 11.9 Å². The van der Waals surface area contributed by atoms with E-state index < -0.39 is 5.82 Å². The van der Waals surface area contributed by atoms with Crippen LogP contribution in [0.15, 0.2) is 63.8 Å². The number of halogens is 1. The van der Waals surface area contributed by atoms with Gasteiger partial charge in [0.05, 0.1) is 10.8 Å². The minimum atomic E-state index is -0.613. The van der Waals surface area contributed by atoms with Crippen molar-refractivity contribution < 1.29 is 18.3 Å². The predicted molar refractivity (Wildman–Crippen MR) is 110 cm³/mol. The molecule has 0 aliphatic carbocycles. The van der Waals surface area contributed by atoms with E-state index in [1.54, 1.807) is 18.2 Å². The van der Waals surface area contributed by atoms with Gasteiger partial charge in [-0.2, -0.15) is 0 Å². The summed E-state index contributed by atoms with van der Waals surface area (Å²) in [7, 11) is 0. The number of benzene rings is 3. The lowest BCUT2D eigenvalue weighted by atomic mass is 10.1. The molecule has 0 saturated heterocycles. The molecule has 1 N–H and O–H groups in total. The van der Waals surface area contributed by atoms with Crippen molar-refractivity contribution in [2.24, 2.45) is 0 Å². The van der Waals surface area contributed by atoms with Crippen molar-refractivity contribution in [3.63, 3.8) is 0 Å². The van der Waals surface area contributed by atoms with Crippen LogP contribution in [-0.4, -0.2) is 12.5 Å². The number of amides is 1. The number of ether oxygens (including phenoxy) is 1. The molecule has 1 amide bonds. The molecule has 0 fully saturated rings. The SMILES string of the molecule is Cc1ccc(OCC(=O)Nc2ccc3c(=O)c4cccc(F)c4oc3c2)cc1C. The molecule has 6 heteroatoms. The lowest BCUT2D eigenvalue weighted by Gasteiger charge is -2.10. The second-order valence-corrected chi connectivity index (χ2v) is 6.84. The summed E-state index contributed by atoms with van der Waals surface area (Å²) in [5.41, 5.74) is 2.41. The van der Waals surface area contributed by atoms with Gasteiger partial charge in [-0.1, -0.05) is 12.1 Å². The van der Waals surface area contributed by atoms with Gasteiger partial charge < -0.3 is 14.5 Å². The molecule has 1 aromatic heterocycles. The van der Waals surface area contributed by atoms with Crippen molar-refractivity contribution >= 4 is 33.5 Å². The Labute approximate surface area is 165 Å². The maximum absolute atomic E-state index is 14.0. The van der Waals surface area contributed by atoms with Gasteiger partial charge in [-0.15, -0.1) is 0 Å². The summed E-state index contributed by atoms with van der Waals surface area (Å²) < 4.78 is 25.1. The molecule has 0 saturated carbocycles. The van der Waals surface area contributed by atoms with E-state index in [0.29, 0.717) is 16.8 Å². The Bertz CT molecular complexity index is 1310. The van der Waals surface area contributed by atoms with Gasteiger partial charge in [-0.05, 0) is 61.4 Å². The molecule has 146 valence electrons. The van der Waals surface area contributed by atoms with Crippen LogP contribution in [0.5, 0.6) is 5.75 Å². The van der Waals surface area contributed by atoms with E-state index in [9.17, 15) is 14.0 Å². The van der Waals surface area contributed by atoms with Crippen molar-refractivity contribution in [1.82, 2.24) is 0 Å². The third kappa shape index (κ3) is 3.69. The highest BCUT2D eigenvalue weighted by Gasteiger charge is 2.12. The Balaban J connectivity index is 1.55. The van der Waals surface area contributed by atoms with Gasteiger partial charge in [0, 0.05) is 11.8 Å². The number of carbonyl (C=O) groups excluding carboxylic acids is 1. The lowest BCUT2D eigenvalue weighted by molar-refractivity contribution is -0.118. The van der Waals surface area contributed by atoms with Crippen LogP contribution < -0.4 is 15.5 Å². The van der Waals surface area contributed by atoms with Crippen LogP contribution in [0.1, 0.15) is 11.1 Å². The fraction of sp³-hybridized carbons (Fsp3) is 0.130. The smallest absolute Gasteiger partial charge is 0.262 e. The molecule has 0 radical (unpaired) electrons. The maximum atomic E-state index is 14.0. The van der Waals surface area contributed by atoms with E-state index in [0.717, 1.165) is 11.1 Å². The molecule has 0 atom stereocenters. The van der Waals surface area contributed by atoms with Crippen LogP contribution in [0.4, 0.5) is 10.1 Å². The molecular weight excluding hydrogens is 373 g/mol. The average Bonchev–Trinajstić information content (AvgIpc) is 2.70. The zero-order valence-corrected chi connectivity index (χ0v) is 15.9. The first-order valence-corrected chi connectivity index (χ1v) is 9.07. The number of para-hydroxylation sites is 1. The number of hydrogen-bond acceptors (Lipinski definition) is 4. The van der Waals surface area contributed by atoms with Crippen LogP contribution in [0.3, 0.4) is 0 Å². The number of hydrogen-bond donors (Lipinski definition) is 1. The Kier molecular flexibility index (Phi) is 4.76. The van der Waals surface area contributed by atoms with Crippen LogP contribution >= 0.6 is 0 Å². The summed E-state index contributed by atoms with van der Waals surface area (Å²) in [6, 6.07) is 14.4. The molecule has 4 rings (SSSR count). The second kappa shape index (κ2) is 7.39. The van der Waals surface area contributed by atoms with Crippen molar-refractivity contribution in [2.45, 2.75) is 13.8 Å². The molecule has 4 aromatic rings. The molecule has 1 heterocycles. The Morgan fingerprint density at radius 2 is 1.86 bits per heavy atom. The standard InChI is InChI=1S/C23H18FNO4/c1-13-6-8-16(10-14(13)2)28-12-21(26)25-15-7-9-17-20(11-15)29-23-18(22(17)27)4-3-5-19(23)24/h3-11H,12H2,1-2H3,(H,25,26). The molecule has 0 bridgehead atoms. The molecule has 5 nitrogen and oxygen atoms in total. The minimum absolute atomic E-state index is 0.105. The molecule has 3 aromatic carbocycles. The monoisotopic (exact) mass is 391 g/mol. The van der Waals surface area contributed by atoms with E-state index >= 15 is 0 Å². The van der Waals surface area contributed by atoms with Gasteiger partial charge in [0.25, 0.3) is 5.91 Å². The van der Waals surface area contributed by atoms with Crippen molar-refractivity contribution in [3.05, 3.63) is 81.8 Å². The molecule has 0 spiro atoms. The third-order valence-corrected chi connectivity index (χ3v) is 4.78. The van der Waals surface area contributed by atoms with Crippen LogP contribution in [0.2, 0.25) is 0 Å². The molecule has 0 aliphatic heterocycles. The maximum Gasteiger partial charge on any atom is 0.262 e. The Morgan fingerprint density at radius 1 is 1.03 bits per heavy atom. The lowest BCUT2D eigenvalue weighted by Crippen LogP contribution is -2.20. The van der Waals surface area contributed by atoms with Crippen LogP contribution in [0, 0.1) is 19.7 Å². The zero-order chi connectivity index (χ0) is 20.5. The summed E-state index contributed by atoms with van der Waals surface area (Å²) in [6.45, 7) is 3.80. The Morgan fingerprint density at radius 3 is 2.66 bits per heavy atom. The van der Waals surface area contributed by atoms with Crippen molar-refractivity contribution in [3.8, 4) is 5.75 Å². The second-order valence-electron chi connectivity index (χ2n) is 6.84. The normalized spacial score (nSPS) is 11.0. The zero-order valence-electron chi connectivity index (χ0n) is 15.9. The number of anilines is 1. The summed E-state index contributed by atoms with van der Waals surface area (Å²) in [5.74, 6) is -0.371. The fourth-order valence-electron chi connectivity index (χ4n) is 3.07. The minimum Gasteiger partial charge on any atom is -0.484 e. The first-order chi connectivity index (χ1) is 13.9. The molecule has 29 heavy (non-hydrogen) atoms. The fourth-order valence-corrected chi connectivity index (χ4v) is 3.07. The summed E-state index contributed by atoms with van der Waals surface area (Å²) >= 11 is 0. The quantitative estimate of drug-likeness (QED) is 0.511. The first-order valence-electron chi connectivity index (χ1n) is 9.07. The number of aryl methyl sites for hydroxylation is 2. The number of rotatable bonds is 4. The first kappa shape index (κ1) is 18.7. The van der Waals surface area contributed by atoms with Crippen molar-refractivity contribution in [1.29, 1.82) is 0 Å². The summed E-state index contributed by atoms with van der Waals surface area (Å²) in [6.07, 6.45) is 0. The predicted octanol–water partition coefficient (Wildman–Crippen LogP) is 4.72. The molecular formula is C23H18FNO4. The summed E-state index contributed by atoms with van der Waals surface area (Å²) in [4.78, 5) is 24.8. The van der Waals surface area contributed by atoms with Crippen LogP contribution in [0.25, 0.3) is 21.9 Å². The van der Waals surface area contributed by atoms with E-state index in [1.807, 2.05) is 26.0 Å². The number of carbonyl (C=O) groups is 1. The van der Waals surface area contributed by atoms with Gasteiger partial charge in [0.1, 0.15) is 11.3 Å². The number of fused-ring (bicyclic) bond motifs is 2. The van der Waals surface area contributed by atoms with E-state index in [4.69, 9.17) is 9.15 Å². The third-order valence-electron chi connectivity index (χ3n) is 4.78. The van der Waals surface area contributed by atoms with Gasteiger partial charge in [-0.3, -0.25) is 9.59 Å². The average molecular weight is 391 g/mol. The number of nitrogens with one attached hydrogen (secondary N) is 1. The Hall–Kier alpha value is -3.67. The van der Waals surface area contributed by atoms with Gasteiger partial charge >= 0.3 is 0 Å². The van der Waals surface area contributed by atoms with Gasteiger partial charge in [-0.25, -0.2) is 4.39 Å². The van der Waals surface area contributed by atoms with Gasteiger partial charge in [0.2, 0.25) is 5.43 Å². The van der Waals surface area contributed by atoms with Gasteiger partial charge in [0.15, 0.2) is 18.0 Å². The molecule has 0 unspecified atom stereocenters. The van der Waals surface area contributed by atoms with E-state index in [-0.39, 0.29) is 34.5 Å². The topological polar surface area (TPSA) is 68.5 Å². The highest BCUT2D eigenvalue weighted by molar-refractivity contribution is 5.96. The van der Waals surface area contributed by atoms with E-state index in [2.05, 4.69) is 5.32 Å². The highest BCUT2D eigenvalue weighted by atomic mass is 19.1. The van der Waals surface area contributed by atoms with E-state index in [1.165, 1.54) is 24.3 Å². The molecule has 0 aliphatic rings. The highest BCUT2D eigenvalue weighted by Crippen LogP contribution is 2.23.